The van der Waals surface area contributed by atoms with Gasteiger partial charge in [0.1, 0.15) is 5.01 Å². The number of carbonyl (C=O) groups excluding carboxylic acids is 1. The van der Waals surface area contributed by atoms with Gasteiger partial charge in [-0.25, -0.2) is 9.78 Å². The maximum absolute atomic E-state index is 11.9. The predicted molar refractivity (Wildman–Crippen MR) is 88.1 cm³/mol. The maximum atomic E-state index is 11.9. The van der Waals surface area contributed by atoms with Crippen molar-refractivity contribution in [2.75, 3.05) is 32.8 Å². The summed E-state index contributed by atoms with van der Waals surface area (Å²) in [6, 6.07) is 0.212. The fourth-order valence-corrected chi connectivity index (χ4v) is 3.31. The van der Waals surface area contributed by atoms with Gasteiger partial charge in [0.05, 0.1) is 19.8 Å². The highest BCUT2D eigenvalue weighted by Gasteiger charge is 2.24. The Balaban J connectivity index is 1.74. The lowest BCUT2D eigenvalue weighted by molar-refractivity contribution is 0.00719. The smallest absolute Gasteiger partial charge is 0.315 e. The fourth-order valence-electron chi connectivity index (χ4n) is 2.60. The molecule has 0 spiro atoms. The summed E-state index contributed by atoms with van der Waals surface area (Å²) < 4.78 is 5.40. The number of aryl methyl sites for hydroxylation is 1. The Bertz CT molecular complexity index is 472. The Morgan fingerprint density at radius 1 is 1.41 bits per heavy atom. The number of ether oxygens (including phenoxy) is 1. The van der Waals surface area contributed by atoms with Crippen LogP contribution in [-0.2, 0) is 11.3 Å². The van der Waals surface area contributed by atoms with E-state index in [-0.39, 0.29) is 6.03 Å². The SMILES string of the molecule is Cc1csc(CNC(=O)NC[C@@H](C(C)C)N2CCOCC2)n1. The Hall–Kier alpha value is -1.18. The lowest BCUT2D eigenvalue weighted by atomic mass is 10.0. The third kappa shape index (κ3) is 5.23. The summed E-state index contributed by atoms with van der Waals surface area (Å²) in [5.74, 6) is 0.486. The minimum absolute atomic E-state index is 0.133. The van der Waals surface area contributed by atoms with Crippen molar-refractivity contribution in [2.24, 2.45) is 5.92 Å². The topological polar surface area (TPSA) is 66.5 Å². The van der Waals surface area contributed by atoms with E-state index in [1.165, 1.54) is 0 Å². The normalized spacial score (nSPS) is 17.5. The molecule has 0 aliphatic carbocycles. The number of morpholine rings is 1. The Labute approximate surface area is 136 Å². The summed E-state index contributed by atoms with van der Waals surface area (Å²) in [6.07, 6.45) is 0. The largest absolute Gasteiger partial charge is 0.379 e. The van der Waals surface area contributed by atoms with Gasteiger partial charge in [0.2, 0.25) is 0 Å². The summed E-state index contributed by atoms with van der Waals surface area (Å²) >= 11 is 1.57. The molecule has 1 aromatic rings. The number of aromatic nitrogens is 1. The zero-order valence-corrected chi connectivity index (χ0v) is 14.4. The van der Waals surface area contributed by atoms with Crippen LogP contribution >= 0.6 is 11.3 Å². The maximum Gasteiger partial charge on any atom is 0.315 e. The number of hydrogen-bond donors (Lipinski definition) is 2. The molecule has 1 aliphatic heterocycles. The zero-order valence-electron chi connectivity index (χ0n) is 13.6. The number of carbonyl (C=O) groups is 1. The van der Waals surface area contributed by atoms with Gasteiger partial charge < -0.3 is 15.4 Å². The van der Waals surface area contributed by atoms with Gasteiger partial charge >= 0.3 is 6.03 Å². The number of amides is 2. The van der Waals surface area contributed by atoms with E-state index in [9.17, 15) is 4.79 Å². The lowest BCUT2D eigenvalue weighted by Crippen LogP contribution is -2.52. The Kier molecular flexibility index (Phi) is 6.60. The van der Waals surface area contributed by atoms with Crippen LogP contribution in [0.15, 0.2) is 5.38 Å². The molecule has 0 aromatic carbocycles. The molecule has 2 rings (SSSR count). The molecule has 0 bridgehead atoms. The molecular formula is C15H26N4O2S. The molecular weight excluding hydrogens is 300 g/mol. The van der Waals surface area contributed by atoms with Crippen molar-refractivity contribution in [1.82, 2.24) is 20.5 Å². The predicted octanol–water partition coefficient (Wildman–Crippen LogP) is 1.61. The van der Waals surface area contributed by atoms with E-state index in [0.717, 1.165) is 37.0 Å². The second kappa shape index (κ2) is 8.45. The minimum Gasteiger partial charge on any atom is -0.379 e. The molecule has 2 heterocycles. The fraction of sp³-hybridized carbons (Fsp3) is 0.733. The molecule has 1 atom stereocenters. The third-order valence-corrected chi connectivity index (χ3v) is 4.79. The van der Waals surface area contributed by atoms with E-state index in [1.807, 2.05) is 12.3 Å². The first-order valence-electron chi connectivity index (χ1n) is 7.80. The number of hydrogen-bond acceptors (Lipinski definition) is 5. The van der Waals surface area contributed by atoms with E-state index >= 15 is 0 Å². The van der Waals surface area contributed by atoms with Crippen molar-refractivity contribution >= 4 is 17.4 Å². The first kappa shape index (κ1) is 17.2. The van der Waals surface area contributed by atoms with Crippen molar-refractivity contribution in [3.63, 3.8) is 0 Å². The van der Waals surface area contributed by atoms with Crippen LogP contribution in [0.1, 0.15) is 24.5 Å². The molecule has 2 amide bonds. The van der Waals surface area contributed by atoms with Gasteiger partial charge in [-0.3, -0.25) is 4.90 Å². The number of nitrogens with one attached hydrogen (secondary N) is 2. The van der Waals surface area contributed by atoms with Gasteiger partial charge in [0.25, 0.3) is 0 Å². The van der Waals surface area contributed by atoms with Gasteiger partial charge in [-0.2, -0.15) is 0 Å². The second-order valence-electron chi connectivity index (χ2n) is 5.91. The van der Waals surface area contributed by atoms with Crippen LogP contribution in [0, 0.1) is 12.8 Å². The van der Waals surface area contributed by atoms with Gasteiger partial charge in [-0.1, -0.05) is 13.8 Å². The zero-order chi connectivity index (χ0) is 15.9. The van der Waals surface area contributed by atoms with Crippen LogP contribution in [0.3, 0.4) is 0 Å². The van der Waals surface area contributed by atoms with Crippen molar-refractivity contribution < 1.29 is 9.53 Å². The molecule has 124 valence electrons. The molecule has 7 heteroatoms. The second-order valence-corrected chi connectivity index (χ2v) is 6.85. The van der Waals surface area contributed by atoms with Gasteiger partial charge in [0, 0.05) is 36.8 Å². The van der Waals surface area contributed by atoms with E-state index in [2.05, 4.69) is 34.4 Å². The van der Waals surface area contributed by atoms with Crippen LogP contribution in [0.5, 0.6) is 0 Å². The first-order valence-corrected chi connectivity index (χ1v) is 8.68. The average Bonchev–Trinajstić information content (AvgIpc) is 2.92. The molecule has 22 heavy (non-hydrogen) atoms. The summed E-state index contributed by atoms with van der Waals surface area (Å²) in [5, 5.41) is 8.77. The lowest BCUT2D eigenvalue weighted by Gasteiger charge is -2.36. The van der Waals surface area contributed by atoms with Crippen LogP contribution in [0.4, 0.5) is 4.79 Å². The van der Waals surface area contributed by atoms with Crippen molar-refractivity contribution in [3.05, 3.63) is 16.1 Å². The molecule has 1 aromatic heterocycles. The Morgan fingerprint density at radius 3 is 2.73 bits per heavy atom. The standard InChI is InChI=1S/C15H26N4O2S/c1-11(2)13(19-4-6-21-7-5-19)8-16-15(20)17-9-14-18-12(3)10-22-14/h10-11,13H,4-9H2,1-3H3,(H2,16,17,20)/t13-/m0/s1. The van der Waals surface area contributed by atoms with E-state index < -0.39 is 0 Å². The van der Waals surface area contributed by atoms with E-state index in [1.54, 1.807) is 11.3 Å². The van der Waals surface area contributed by atoms with Crippen molar-refractivity contribution in [1.29, 1.82) is 0 Å². The number of urea groups is 1. The highest BCUT2D eigenvalue weighted by atomic mass is 32.1. The summed E-state index contributed by atoms with van der Waals surface area (Å²) in [7, 11) is 0. The summed E-state index contributed by atoms with van der Waals surface area (Å²) in [4.78, 5) is 18.7. The Morgan fingerprint density at radius 2 is 2.14 bits per heavy atom. The van der Waals surface area contributed by atoms with Gasteiger partial charge in [0.15, 0.2) is 0 Å². The quantitative estimate of drug-likeness (QED) is 0.833. The summed E-state index contributed by atoms with van der Waals surface area (Å²) in [6.45, 7) is 10.9. The minimum atomic E-state index is -0.133. The van der Waals surface area contributed by atoms with Crippen LogP contribution < -0.4 is 10.6 Å². The highest BCUT2D eigenvalue weighted by Crippen LogP contribution is 2.12. The number of thiazole rings is 1. The van der Waals surface area contributed by atoms with E-state index in [4.69, 9.17) is 4.74 Å². The molecule has 1 saturated heterocycles. The van der Waals surface area contributed by atoms with Crippen molar-refractivity contribution in [2.45, 2.75) is 33.4 Å². The third-order valence-electron chi connectivity index (χ3n) is 3.82. The molecule has 2 N–H and O–H groups in total. The molecule has 0 unspecified atom stereocenters. The number of nitrogens with zero attached hydrogens (tertiary/aromatic N) is 2. The molecule has 1 fully saturated rings. The van der Waals surface area contributed by atoms with Crippen LogP contribution in [0.25, 0.3) is 0 Å². The van der Waals surface area contributed by atoms with Crippen LogP contribution in [0.2, 0.25) is 0 Å². The van der Waals surface area contributed by atoms with Gasteiger partial charge in [-0.05, 0) is 12.8 Å². The molecule has 6 nitrogen and oxygen atoms in total. The van der Waals surface area contributed by atoms with Gasteiger partial charge in [-0.15, -0.1) is 11.3 Å². The molecule has 1 aliphatic rings. The molecule has 0 radical (unpaired) electrons. The van der Waals surface area contributed by atoms with Crippen LogP contribution in [-0.4, -0.2) is 54.8 Å². The van der Waals surface area contributed by atoms with Crippen molar-refractivity contribution in [3.8, 4) is 0 Å². The summed E-state index contributed by atoms with van der Waals surface area (Å²) in [5.41, 5.74) is 0.995. The first-order chi connectivity index (χ1) is 10.6. The number of rotatable bonds is 6. The molecule has 0 saturated carbocycles. The van der Waals surface area contributed by atoms with E-state index in [0.29, 0.717) is 25.0 Å². The monoisotopic (exact) mass is 326 g/mol. The average molecular weight is 326 g/mol. The highest BCUT2D eigenvalue weighted by molar-refractivity contribution is 7.09.